The number of nitrogens with one attached hydrogen (secondary N) is 1. The molecule has 0 fully saturated rings. The molecule has 160 valence electrons. The van der Waals surface area contributed by atoms with Crippen LogP contribution >= 0.6 is 11.3 Å². The Kier molecular flexibility index (Phi) is 5.02. The van der Waals surface area contributed by atoms with Crippen LogP contribution in [0.1, 0.15) is 41.2 Å². The Labute approximate surface area is 186 Å². The van der Waals surface area contributed by atoms with Crippen molar-refractivity contribution in [1.82, 2.24) is 19.7 Å². The highest BCUT2D eigenvalue weighted by Crippen LogP contribution is 2.41. The van der Waals surface area contributed by atoms with E-state index in [4.69, 9.17) is 14.7 Å². The van der Waals surface area contributed by atoms with E-state index in [0.717, 1.165) is 46.8 Å². The van der Waals surface area contributed by atoms with Gasteiger partial charge in [-0.25, -0.2) is 4.68 Å². The lowest BCUT2D eigenvalue weighted by molar-refractivity contribution is -0.0379. The Bertz CT molecular complexity index is 1240. The highest BCUT2D eigenvalue weighted by atomic mass is 32.1. The van der Waals surface area contributed by atoms with Gasteiger partial charge in [0.1, 0.15) is 10.6 Å². The molecule has 4 aromatic rings. The van der Waals surface area contributed by atoms with Gasteiger partial charge in [0.25, 0.3) is 5.95 Å². The molecule has 0 saturated carbocycles. The van der Waals surface area contributed by atoms with Gasteiger partial charge in [0.05, 0.1) is 23.3 Å². The number of ether oxygens (including phenoxy) is 1. The normalized spacial score (nSPS) is 15.2. The van der Waals surface area contributed by atoms with Crippen LogP contribution in [0.15, 0.2) is 36.4 Å². The highest BCUT2D eigenvalue weighted by molar-refractivity contribution is 7.19. The maximum Gasteiger partial charge on any atom is 0.254 e. The fourth-order valence-electron chi connectivity index (χ4n) is 4.16. The van der Waals surface area contributed by atoms with Crippen molar-refractivity contribution in [2.45, 2.75) is 52.7 Å². The van der Waals surface area contributed by atoms with E-state index in [1.807, 2.05) is 30.7 Å². The molecule has 1 aromatic carbocycles. The summed E-state index contributed by atoms with van der Waals surface area (Å²) in [4.78, 5) is 12.1. The number of anilines is 1. The van der Waals surface area contributed by atoms with E-state index in [1.165, 1.54) is 16.0 Å². The molecule has 6 nitrogen and oxygen atoms in total. The number of aryl methyl sites for hydroxylation is 2. The molecule has 3 aromatic heterocycles. The first-order valence-corrected chi connectivity index (χ1v) is 11.5. The lowest BCUT2D eigenvalue weighted by atomic mass is 9.94. The summed E-state index contributed by atoms with van der Waals surface area (Å²) < 4.78 is 7.89. The largest absolute Gasteiger partial charge is 0.370 e. The van der Waals surface area contributed by atoms with Crippen LogP contribution in [0, 0.1) is 13.8 Å². The van der Waals surface area contributed by atoms with E-state index >= 15 is 0 Å². The fraction of sp³-hybridized carbons (Fsp3) is 0.375. The van der Waals surface area contributed by atoms with Crippen molar-refractivity contribution in [3.63, 3.8) is 0 Å². The van der Waals surface area contributed by atoms with E-state index in [2.05, 4.69) is 48.5 Å². The van der Waals surface area contributed by atoms with Crippen molar-refractivity contribution in [1.29, 1.82) is 0 Å². The lowest BCUT2D eigenvalue weighted by Gasteiger charge is -2.30. The van der Waals surface area contributed by atoms with E-state index < -0.39 is 0 Å². The number of fused-ring (bicyclic) bond motifs is 3. The maximum atomic E-state index is 6.06. The second-order valence-corrected chi connectivity index (χ2v) is 9.87. The third-order valence-corrected chi connectivity index (χ3v) is 6.77. The molecule has 0 atom stereocenters. The summed E-state index contributed by atoms with van der Waals surface area (Å²) in [5.74, 6) is 1.50. The molecule has 0 aliphatic carbocycles. The Morgan fingerprint density at radius 3 is 2.71 bits per heavy atom. The molecule has 0 radical (unpaired) electrons. The van der Waals surface area contributed by atoms with Gasteiger partial charge in [-0.15, -0.1) is 11.3 Å². The molecule has 0 saturated heterocycles. The van der Waals surface area contributed by atoms with E-state index in [1.54, 1.807) is 11.3 Å². The van der Waals surface area contributed by atoms with Crippen LogP contribution < -0.4 is 5.32 Å². The molecule has 5 rings (SSSR count). The molecule has 4 heterocycles. The number of hydrogen-bond donors (Lipinski definition) is 1. The minimum Gasteiger partial charge on any atom is -0.370 e. The Morgan fingerprint density at radius 2 is 1.97 bits per heavy atom. The van der Waals surface area contributed by atoms with Gasteiger partial charge in [-0.05, 0) is 51.3 Å². The maximum absolute atomic E-state index is 6.06. The first kappa shape index (κ1) is 20.2. The van der Waals surface area contributed by atoms with Gasteiger partial charge in [-0.2, -0.15) is 15.1 Å². The van der Waals surface area contributed by atoms with Crippen LogP contribution in [-0.4, -0.2) is 31.9 Å². The van der Waals surface area contributed by atoms with Crippen molar-refractivity contribution < 1.29 is 4.74 Å². The average molecular weight is 434 g/mol. The zero-order valence-electron chi connectivity index (χ0n) is 18.4. The number of thiophene rings is 1. The summed E-state index contributed by atoms with van der Waals surface area (Å²) in [7, 11) is 0. The minimum atomic E-state index is -0.184. The van der Waals surface area contributed by atoms with Gasteiger partial charge in [-0.1, -0.05) is 30.3 Å². The molecular weight excluding hydrogens is 406 g/mol. The molecule has 31 heavy (non-hydrogen) atoms. The summed E-state index contributed by atoms with van der Waals surface area (Å²) in [5, 5.41) is 9.35. The molecule has 0 unspecified atom stereocenters. The van der Waals surface area contributed by atoms with Gasteiger partial charge >= 0.3 is 0 Å². The quantitative estimate of drug-likeness (QED) is 0.480. The molecule has 7 heteroatoms. The SMILES string of the molecule is Cc1cc(C)n(-c2nc(NCCc3ccccc3)c3c4c(sc3n2)COC(C)(C)C4)n1. The van der Waals surface area contributed by atoms with Crippen LogP contribution in [0.25, 0.3) is 16.2 Å². The van der Waals surface area contributed by atoms with Gasteiger partial charge in [0, 0.05) is 23.5 Å². The summed E-state index contributed by atoms with van der Waals surface area (Å²) in [6.45, 7) is 9.75. The Hall–Kier alpha value is -2.77. The molecule has 0 bridgehead atoms. The van der Waals surface area contributed by atoms with Gasteiger partial charge in [0.15, 0.2) is 0 Å². The van der Waals surface area contributed by atoms with Gasteiger partial charge in [0.2, 0.25) is 0 Å². The molecule has 0 amide bonds. The second-order valence-electron chi connectivity index (χ2n) is 8.78. The summed E-state index contributed by atoms with van der Waals surface area (Å²) in [5.41, 5.74) is 4.43. The van der Waals surface area contributed by atoms with Crippen LogP contribution in [0.2, 0.25) is 0 Å². The summed E-state index contributed by atoms with van der Waals surface area (Å²) >= 11 is 1.71. The van der Waals surface area contributed by atoms with Crippen LogP contribution in [0.4, 0.5) is 5.82 Å². The number of benzene rings is 1. The first-order valence-electron chi connectivity index (χ1n) is 10.7. The predicted octanol–water partition coefficient (Wildman–Crippen LogP) is 5.00. The van der Waals surface area contributed by atoms with Crippen molar-refractivity contribution in [3.8, 4) is 5.95 Å². The third kappa shape index (κ3) is 3.95. The van der Waals surface area contributed by atoms with Crippen molar-refractivity contribution >= 4 is 27.4 Å². The topological polar surface area (TPSA) is 64.9 Å². The van der Waals surface area contributed by atoms with Crippen LogP contribution in [0.3, 0.4) is 0 Å². The Morgan fingerprint density at radius 1 is 1.16 bits per heavy atom. The van der Waals surface area contributed by atoms with Crippen molar-refractivity contribution in [2.75, 3.05) is 11.9 Å². The van der Waals surface area contributed by atoms with Gasteiger partial charge < -0.3 is 10.1 Å². The van der Waals surface area contributed by atoms with Crippen molar-refractivity contribution in [2.24, 2.45) is 0 Å². The smallest absolute Gasteiger partial charge is 0.254 e. The lowest BCUT2D eigenvalue weighted by Crippen LogP contribution is -2.31. The van der Waals surface area contributed by atoms with E-state index in [0.29, 0.717) is 12.6 Å². The van der Waals surface area contributed by atoms with Gasteiger partial charge in [-0.3, -0.25) is 0 Å². The molecular formula is C24H27N5OS. The number of nitrogens with zero attached hydrogens (tertiary/aromatic N) is 4. The fourth-order valence-corrected chi connectivity index (χ4v) is 5.26. The summed E-state index contributed by atoms with van der Waals surface area (Å²) in [6.07, 6.45) is 1.79. The average Bonchev–Trinajstić information content (AvgIpc) is 3.26. The number of rotatable bonds is 5. The zero-order valence-corrected chi connectivity index (χ0v) is 19.2. The number of hydrogen-bond acceptors (Lipinski definition) is 6. The molecule has 1 aliphatic heterocycles. The van der Waals surface area contributed by atoms with E-state index in [-0.39, 0.29) is 5.60 Å². The van der Waals surface area contributed by atoms with Crippen LogP contribution in [-0.2, 0) is 24.2 Å². The Balaban J connectivity index is 1.57. The first-order chi connectivity index (χ1) is 14.9. The summed E-state index contributed by atoms with van der Waals surface area (Å²) in [6, 6.07) is 12.6. The van der Waals surface area contributed by atoms with Crippen LogP contribution in [0.5, 0.6) is 0 Å². The second kappa shape index (κ2) is 7.73. The molecule has 1 N–H and O–H groups in total. The van der Waals surface area contributed by atoms with E-state index in [9.17, 15) is 0 Å². The van der Waals surface area contributed by atoms with Crippen molar-refractivity contribution in [3.05, 3.63) is 63.8 Å². The molecule has 0 spiro atoms. The monoisotopic (exact) mass is 433 g/mol. The number of aromatic nitrogens is 4. The molecule has 1 aliphatic rings. The zero-order chi connectivity index (χ0) is 21.6. The third-order valence-electron chi connectivity index (χ3n) is 5.67. The standard InChI is InChI=1S/C24H27N5OS/c1-15-12-16(2)29(28-15)23-26-21(25-11-10-17-8-6-5-7-9-17)20-18-13-24(3,4)30-14-19(18)31-22(20)27-23/h5-9,12H,10-11,13-14H2,1-4H3,(H,25,26,27). The highest BCUT2D eigenvalue weighted by Gasteiger charge is 2.31. The minimum absolute atomic E-state index is 0.184. The predicted molar refractivity (Wildman–Crippen MR) is 125 cm³/mol.